The molecule has 0 aromatic carbocycles. The smallest absolute Gasteiger partial charge is 0.356 e. The Hall–Kier alpha value is -1.69. The third kappa shape index (κ3) is 1.89. The maximum absolute atomic E-state index is 11.3. The Kier molecular flexibility index (Phi) is 2.51. The minimum atomic E-state index is -0.472. The number of carbonyl (C=O) groups excluding carboxylic acids is 1. The van der Waals surface area contributed by atoms with Crippen LogP contribution in [0.15, 0.2) is 17.1 Å². The third-order valence-electron chi connectivity index (χ3n) is 1.79. The van der Waals surface area contributed by atoms with Crippen LogP contribution in [0.5, 0.6) is 0 Å². The van der Waals surface area contributed by atoms with Crippen LogP contribution in [0.2, 0.25) is 0 Å². The van der Waals surface area contributed by atoms with Gasteiger partial charge in [-0.25, -0.2) is 9.78 Å². The quantitative estimate of drug-likeness (QED) is 0.777. The van der Waals surface area contributed by atoms with Gasteiger partial charge in [0.05, 0.1) is 23.0 Å². The molecule has 0 aliphatic heterocycles. The van der Waals surface area contributed by atoms with Crippen molar-refractivity contribution in [3.05, 3.63) is 27.6 Å². The van der Waals surface area contributed by atoms with Gasteiger partial charge in [-0.3, -0.25) is 4.79 Å². The molecule has 2 rings (SSSR count). The van der Waals surface area contributed by atoms with Crippen molar-refractivity contribution in [1.29, 1.82) is 0 Å². The highest BCUT2D eigenvalue weighted by molar-refractivity contribution is 7.16. The van der Waals surface area contributed by atoms with Crippen LogP contribution in [0.4, 0.5) is 0 Å². The molecule has 0 unspecified atom stereocenters. The number of aromatic amines is 1. The highest BCUT2D eigenvalue weighted by atomic mass is 32.1. The van der Waals surface area contributed by atoms with Gasteiger partial charge in [0.25, 0.3) is 0 Å². The molecule has 78 valence electrons. The summed E-state index contributed by atoms with van der Waals surface area (Å²) in [6, 6.07) is 1.55. The zero-order chi connectivity index (χ0) is 10.8. The van der Waals surface area contributed by atoms with E-state index in [1.807, 2.05) is 0 Å². The van der Waals surface area contributed by atoms with E-state index >= 15 is 0 Å². The Bertz CT molecular complexity index is 558. The van der Waals surface area contributed by atoms with Crippen molar-refractivity contribution >= 4 is 27.5 Å². The number of ether oxygens (including phenoxy) is 1. The normalized spacial score (nSPS) is 10.5. The maximum Gasteiger partial charge on any atom is 0.356 e. The summed E-state index contributed by atoms with van der Waals surface area (Å²) < 4.78 is 5.51. The van der Waals surface area contributed by atoms with Crippen molar-refractivity contribution in [3.8, 4) is 0 Å². The van der Waals surface area contributed by atoms with Crippen molar-refractivity contribution in [1.82, 2.24) is 9.97 Å². The van der Waals surface area contributed by atoms with Gasteiger partial charge in [-0.05, 0) is 13.0 Å². The summed E-state index contributed by atoms with van der Waals surface area (Å²) in [6.45, 7) is 2.03. The molecule has 5 nitrogen and oxygen atoms in total. The lowest BCUT2D eigenvalue weighted by Gasteiger charge is -1.99. The zero-order valence-corrected chi connectivity index (χ0v) is 8.76. The number of thiazole rings is 1. The average Bonchev–Trinajstić information content (AvgIpc) is 2.57. The average molecular weight is 224 g/mol. The lowest BCUT2D eigenvalue weighted by Crippen LogP contribution is -2.06. The first kappa shape index (κ1) is 9.85. The Morgan fingerprint density at radius 3 is 3.20 bits per heavy atom. The summed E-state index contributed by atoms with van der Waals surface area (Å²) in [5, 5.41) is 0. The van der Waals surface area contributed by atoms with E-state index in [1.165, 1.54) is 6.20 Å². The van der Waals surface area contributed by atoms with Crippen LogP contribution in [0.3, 0.4) is 0 Å². The summed E-state index contributed by atoms with van der Waals surface area (Å²) in [7, 11) is 0. The molecule has 6 heteroatoms. The predicted molar refractivity (Wildman–Crippen MR) is 56.2 cm³/mol. The van der Waals surface area contributed by atoms with E-state index in [-0.39, 0.29) is 10.6 Å². The summed E-state index contributed by atoms with van der Waals surface area (Å²) in [6.07, 6.45) is 1.46. The summed E-state index contributed by atoms with van der Waals surface area (Å²) in [5.74, 6) is -0.472. The lowest BCUT2D eigenvalue weighted by molar-refractivity contribution is 0.0520. The topological polar surface area (TPSA) is 72.1 Å². The number of carbonyl (C=O) groups is 1. The third-order valence-corrected chi connectivity index (χ3v) is 2.64. The Balaban J connectivity index is 2.46. The molecule has 0 spiro atoms. The summed E-state index contributed by atoms with van der Waals surface area (Å²) in [5.41, 5.74) is 0.859. The van der Waals surface area contributed by atoms with Crippen molar-refractivity contribution in [2.45, 2.75) is 6.92 Å². The summed E-state index contributed by atoms with van der Waals surface area (Å²) in [4.78, 5) is 28.7. The fraction of sp³-hybridized carbons (Fsp3) is 0.222. The molecule has 0 bridgehead atoms. The summed E-state index contributed by atoms with van der Waals surface area (Å²) >= 11 is 1.04. The van der Waals surface area contributed by atoms with Crippen LogP contribution in [0.1, 0.15) is 17.4 Å². The fourth-order valence-electron chi connectivity index (χ4n) is 1.17. The molecule has 1 N–H and O–H groups in total. The largest absolute Gasteiger partial charge is 0.461 e. The number of aromatic nitrogens is 2. The van der Waals surface area contributed by atoms with Gasteiger partial charge < -0.3 is 9.72 Å². The minimum absolute atomic E-state index is 0.159. The number of H-pyrrole nitrogens is 1. The number of rotatable bonds is 2. The molecule has 2 aromatic heterocycles. The first-order valence-corrected chi connectivity index (χ1v) is 5.18. The second kappa shape index (κ2) is 3.82. The molecule has 2 aromatic rings. The predicted octanol–water partition coefficient (Wildman–Crippen LogP) is 1.16. The highest BCUT2D eigenvalue weighted by Gasteiger charge is 2.09. The molecule has 0 atom stereocenters. The number of nitrogens with zero attached hydrogens (tertiary/aromatic N) is 1. The second-order valence-corrected chi connectivity index (χ2v) is 3.82. The number of nitrogens with one attached hydrogen (secondary N) is 1. The maximum atomic E-state index is 11.3. The van der Waals surface area contributed by atoms with Crippen LogP contribution in [0.25, 0.3) is 10.2 Å². The van der Waals surface area contributed by atoms with Gasteiger partial charge in [0.2, 0.25) is 0 Å². The minimum Gasteiger partial charge on any atom is -0.461 e. The van der Waals surface area contributed by atoms with E-state index in [0.717, 1.165) is 11.3 Å². The first-order chi connectivity index (χ1) is 7.20. The molecule has 0 radical (unpaired) electrons. The van der Waals surface area contributed by atoms with E-state index in [4.69, 9.17) is 4.74 Å². The van der Waals surface area contributed by atoms with Gasteiger partial charge in [0.15, 0.2) is 0 Å². The standard InChI is InChI=1S/C9H8N2O3S/c1-2-14-8(12)5-3-7-6(4-10-5)11-9(13)15-7/h3-4H,2H2,1H3,(H,11,13). The van der Waals surface area contributed by atoms with Crippen molar-refractivity contribution in [3.63, 3.8) is 0 Å². The van der Waals surface area contributed by atoms with E-state index < -0.39 is 5.97 Å². The van der Waals surface area contributed by atoms with Crippen LogP contribution in [-0.2, 0) is 4.74 Å². The number of hydrogen-bond acceptors (Lipinski definition) is 5. The molecule has 0 fully saturated rings. The van der Waals surface area contributed by atoms with E-state index in [0.29, 0.717) is 16.8 Å². The van der Waals surface area contributed by atoms with Gasteiger partial charge in [0, 0.05) is 0 Å². The molecule has 0 aliphatic carbocycles. The molecule has 0 saturated heterocycles. The Labute approximate surface area is 88.7 Å². The lowest BCUT2D eigenvalue weighted by atomic mass is 10.3. The van der Waals surface area contributed by atoms with E-state index in [1.54, 1.807) is 13.0 Å². The van der Waals surface area contributed by atoms with Gasteiger partial charge in [0.1, 0.15) is 5.69 Å². The first-order valence-electron chi connectivity index (χ1n) is 4.36. The van der Waals surface area contributed by atoms with Crippen LogP contribution in [-0.4, -0.2) is 22.5 Å². The molecule has 15 heavy (non-hydrogen) atoms. The molecule has 0 saturated carbocycles. The van der Waals surface area contributed by atoms with Gasteiger partial charge in [-0.2, -0.15) is 0 Å². The Morgan fingerprint density at radius 1 is 1.67 bits per heavy atom. The van der Waals surface area contributed by atoms with E-state index in [2.05, 4.69) is 9.97 Å². The SMILES string of the molecule is CCOC(=O)c1cc2sc(=O)[nH]c2cn1. The second-order valence-electron chi connectivity index (χ2n) is 2.80. The number of esters is 1. The van der Waals surface area contributed by atoms with Gasteiger partial charge in [-0.15, -0.1) is 0 Å². The number of pyridine rings is 1. The molecule has 2 heterocycles. The Morgan fingerprint density at radius 2 is 2.47 bits per heavy atom. The highest BCUT2D eigenvalue weighted by Crippen LogP contribution is 2.14. The molecular weight excluding hydrogens is 216 g/mol. The number of hydrogen-bond donors (Lipinski definition) is 1. The molecule has 0 aliphatic rings. The fourth-order valence-corrected chi connectivity index (χ4v) is 1.91. The molecular formula is C9H8N2O3S. The zero-order valence-electron chi connectivity index (χ0n) is 7.94. The van der Waals surface area contributed by atoms with Crippen molar-refractivity contribution in [2.24, 2.45) is 0 Å². The monoisotopic (exact) mass is 224 g/mol. The molecule has 0 amide bonds. The number of fused-ring (bicyclic) bond motifs is 1. The van der Waals surface area contributed by atoms with Crippen molar-refractivity contribution < 1.29 is 9.53 Å². The van der Waals surface area contributed by atoms with Crippen LogP contribution >= 0.6 is 11.3 Å². The van der Waals surface area contributed by atoms with Crippen molar-refractivity contribution in [2.75, 3.05) is 6.61 Å². The van der Waals surface area contributed by atoms with E-state index in [9.17, 15) is 9.59 Å². The van der Waals surface area contributed by atoms with Gasteiger partial charge >= 0.3 is 10.8 Å². The van der Waals surface area contributed by atoms with Crippen LogP contribution in [0, 0.1) is 0 Å². The van der Waals surface area contributed by atoms with Gasteiger partial charge in [-0.1, -0.05) is 11.3 Å². The van der Waals surface area contributed by atoms with Crippen LogP contribution < -0.4 is 4.87 Å².